The van der Waals surface area contributed by atoms with Gasteiger partial charge in [0.1, 0.15) is 0 Å². The van der Waals surface area contributed by atoms with E-state index in [-0.39, 0.29) is 5.75 Å². The standard InChI is InChI=1S/C9H21NO3S/c1-4-10(3,5-2)8-6-7-9-14(11,12)13/h4-9H2,1-3H3/p+1. The number of unbranched alkanes of at least 4 members (excludes halogenated alkanes) is 1. The van der Waals surface area contributed by atoms with Gasteiger partial charge in [0.2, 0.25) is 0 Å². The van der Waals surface area contributed by atoms with Gasteiger partial charge in [-0.15, -0.1) is 0 Å². The summed E-state index contributed by atoms with van der Waals surface area (Å²) in [6, 6.07) is 0. The second-order valence-corrected chi connectivity index (χ2v) is 5.54. The third-order valence-corrected chi connectivity index (χ3v) is 3.68. The molecule has 0 radical (unpaired) electrons. The normalized spacial score (nSPS) is 13.1. The quantitative estimate of drug-likeness (QED) is 0.401. The molecule has 1 N–H and O–H groups in total. The van der Waals surface area contributed by atoms with Gasteiger partial charge in [-0.1, -0.05) is 0 Å². The molecule has 0 unspecified atom stereocenters. The molecule has 86 valence electrons. The van der Waals surface area contributed by atoms with Gasteiger partial charge in [0.05, 0.1) is 32.4 Å². The molecule has 0 saturated carbocycles. The van der Waals surface area contributed by atoms with E-state index in [0.717, 1.165) is 30.5 Å². The first-order valence-corrected chi connectivity index (χ1v) is 6.72. The summed E-state index contributed by atoms with van der Waals surface area (Å²) in [5.74, 6) is -0.111. The Morgan fingerprint density at radius 1 is 1.14 bits per heavy atom. The number of hydrogen-bond donors (Lipinski definition) is 1. The lowest BCUT2D eigenvalue weighted by Gasteiger charge is -2.32. The lowest BCUT2D eigenvalue weighted by Crippen LogP contribution is -2.44. The summed E-state index contributed by atoms with van der Waals surface area (Å²) in [5.41, 5.74) is 0. The van der Waals surface area contributed by atoms with E-state index < -0.39 is 10.1 Å². The van der Waals surface area contributed by atoms with Crippen LogP contribution in [0.1, 0.15) is 26.7 Å². The topological polar surface area (TPSA) is 54.4 Å². The Hall–Kier alpha value is -0.130. The molecule has 0 aromatic heterocycles. The molecule has 0 aromatic carbocycles. The molecule has 0 atom stereocenters. The summed E-state index contributed by atoms with van der Waals surface area (Å²) < 4.78 is 30.4. The van der Waals surface area contributed by atoms with Gasteiger partial charge >= 0.3 is 0 Å². The molecular weight excluding hydrogens is 202 g/mol. The first-order chi connectivity index (χ1) is 6.33. The predicted molar refractivity (Wildman–Crippen MR) is 57.8 cm³/mol. The summed E-state index contributed by atoms with van der Waals surface area (Å²) in [5, 5.41) is 0. The molecule has 0 rings (SSSR count). The van der Waals surface area contributed by atoms with Crippen LogP contribution >= 0.6 is 0 Å². The first kappa shape index (κ1) is 13.9. The average molecular weight is 224 g/mol. The Bertz CT molecular complexity index is 245. The van der Waals surface area contributed by atoms with Crippen LogP contribution in [0.15, 0.2) is 0 Å². The maximum atomic E-state index is 10.4. The van der Waals surface area contributed by atoms with E-state index in [9.17, 15) is 8.42 Å². The van der Waals surface area contributed by atoms with Crippen LogP contribution < -0.4 is 0 Å². The van der Waals surface area contributed by atoms with Gasteiger partial charge in [-0.25, -0.2) is 0 Å². The lowest BCUT2D eigenvalue weighted by molar-refractivity contribution is -0.906. The Morgan fingerprint density at radius 3 is 2.00 bits per heavy atom. The molecule has 0 saturated heterocycles. The Balaban J connectivity index is 3.74. The van der Waals surface area contributed by atoms with Crippen molar-refractivity contribution in [2.45, 2.75) is 26.7 Å². The molecule has 0 aliphatic carbocycles. The predicted octanol–water partition coefficient (Wildman–Crippen LogP) is 1.14. The highest BCUT2D eigenvalue weighted by Crippen LogP contribution is 2.05. The fraction of sp³-hybridized carbons (Fsp3) is 1.00. The minimum atomic E-state index is -3.76. The number of hydrogen-bond acceptors (Lipinski definition) is 2. The van der Waals surface area contributed by atoms with Crippen LogP contribution in [0.4, 0.5) is 0 Å². The van der Waals surface area contributed by atoms with Crippen molar-refractivity contribution in [3.63, 3.8) is 0 Å². The monoisotopic (exact) mass is 224 g/mol. The molecule has 14 heavy (non-hydrogen) atoms. The van der Waals surface area contributed by atoms with Crippen molar-refractivity contribution in [2.24, 2.45) is 0 Å². The SMILES string of the molecule is CC[N+](C)(CC)CCCCS(=O)(=O)O. The van der Waals surface area contributed by atoms with E-state index in [2.05, 4.69) is 20.9 Å². The zero-order valence-electron chi connectivity index (χ0n) is 9.36. The van der Waals surface area contributed by atoms with Crippen LogP contribution in [0, 0.1) is 0 Å². The van der Waals surface area contributed by atoms with Crippen molar-refractivity contribution in [3.8, 4) is 0 Å². The highest BCUT2D eigenvalue weighted by Gasteiger charge is 2.15. The van der Waals surface area contributed by atoms with Crippen molar-refractivity contribution in [1.29, 1.82) is 0 Å². The van der Waals surface area contributed by atoms with Crippen molar-refractivity contribution in [2.75, 3.05) is 32.4 Å². The fourth-order valence-corrected chi connectivity index (χ4v) is 1.89. The third-order valence-electron chi connectivity index (χ3n) is 2.88. The molecule has 0 heterocycles. The van der Waals surface area contributed by atoms with Crippen molar-refractivity contribution < 1.29 is 17.5 Å². The van der Waals surface area contributed by atoms with Crippen LogP contribution in [0.5, 0.6) is 0 Å². The molecule has 0 amide bonds. The largest absolute Gasteiger partial charge is 0.327 e. The molecule has 4 nitrogen and oxygen atoms in total. The van der Waals surface area contributed by atoms with E-state index in [4.69, 9.17) is 4.55 Å². The maximum absolute atomic E-state index is 10.4. The minimum absolute atomic E-state index is 0.111. The Morgan fingerprint density at radius 2 is 1.64 bits per heavy atom. The molecule has 0 aromatic rings. The van der Waals surface area contributed by atoms with E-state index in [0.29, 0.717) is 6.42 Å². The molecule has 0 bridgehead atoms. The lowest BCUT2D eigenvalue weighted by atomic mass is 10.3. The van der Waals surface area contributed by atoms with Crippen LogP contribution in [-0.2, 0) is 10.1 Å². The average Bonchev–Trinajstić information content (AvgIpc) is 2.11. The summed E-state index contributed by atoms with van der Waals surface area (Å²) in [4.78, 5) is 0. The minimum Gasteiger partial charge on any atom is -0.327 e. The van der Waals surface area contributed by atoms with Gasteiger partial charge in [0.15, 0.2) is 0 Å². The third kappa shape index (κ3) is 6.34. The van der Waals surface area contributed by atoms with Gasteiger partial charge in [-0.3, -0.25) is 4.55 Å². The van der Waals surface area contributed by atoms with Gasteiger partial charge in [0, 0.05) is 0 Å². The molecule has 0 fully saturated rings. The van der Waals surface area contributed by atoms with Crippen LogP contribution in [0.25, 0.3) is 0 Å². The summed E-state index contributed by atoms with van der Waals surface area (Å²) in [6.07, 6.45) is 1.39. The highest BCUT2D eigenvalue weighted by molar-refractivity contribution is 7.85. The maximum Gasteiger partial charge on any atom is 0.264 e. The van der Waals surface area contributed by atoms with Crippen molar-refractivity contribution in [3.05, 3.63) is 0 Å². The van der Waals surface area contributed by atoms with Crippen molar-refractivity contribution in [1.82, 2.24) is 0 Å². The molecule has 0 spiro atoms. The molecular formula is C9H22NO3S+. The zero-order valence-corrected chi connectivity index (χ0v) is 10.2. The van der Waals surface area contributed by atoms with E-state index in [1.54, 1.807) is 0 Å². The fourth-order valence-electron chi connectivity index (χ4n) is 1.32. The van der Waals surface area contributed by atoms with Gasteiger partial charge < -0.3 is 4.48 Å². The highest BCUT2D eigenvalue weighted by atomic mass is 32.2. The summed E-state index contributed by atoms with van der Waals surface area (Å²) >= 11 is 0. The Kier molecular flexibility index (Phi) is 5.63. The molecule has 0 aliphatic rings. The van der Waals surface area contributed by atoms with Crippen molar-refractivity contribution >= 4 is 10.1 Å². The smallest absolute Gasteiger partial charge is 0.264 e. The molecule has 0 aliphatic heterocycles. The van der Waals surface area contributed by atoms with E-state index in [1.165, 1.54) is 0 Å². The second-order valence-electron chi connectivity index (χ2n) is 3.97. The number of nitrogens with zero attached hydrogens (tertiary/aromatic N) is 1. The van der Waals surface area contributed by atoms with Crippen LogP contribution in [0.3, 0.4) is 0 Å². The second kappa shape index (κ2) is 5.68. The van der Waals surface area contributed by atoms with Crippen LogP contribution in [0.2, 0.25) is 0 Å². The van der Waals surface area contributed by atoms with Gasteiger partial charge in [0.25, 0.3) is 10.1 Å². The molecule has 5 heteroatoms. The van der Waals surface area contributed by atoms with Gasteiger partial charge in [-0.2, -0.15) is 8.42 Å². The summed E-state index contributed by atoms with van der Waals surface area (Å²) in [7, 11) is -1.60. The summed E-state index contributed by atoms with van der Waals surface area (Å²) in [6.45, 7) is 7.35. The number of rotatable bonds is 7. The number of quaternary nitrogens is 1. The zero-order chi connectivity index (χ0) is 11.2. The first-order valence-electron chi connectivity index (χ1n) is 5.11. The Labute approximate surface area is 87.3 Å². The van der Waals surface area contributed by atoms with Crippen LogP contribution in [-0.4, -0.2) is 49.9 Å². The van der Waals surface area contributed by atoms with Gasteiger partial charge in [-0.05, 0) is 26.7 Å². The van der Waals surface area contributed by atoms with E-state index in [1.807, 2.05) is 0 Å². The van der Waals surface area contributed by atoms with E-state index >= 15 is 0 Å².